The lowest BCUT2D eigenvalue weighted by atomic mass is 9.70. The lowest BCUT2D eigenvalue weighted by Gasteiger charge is -2.53. The van der Waals surface area contributed by atoms with Crippen molar-refractivity contribution in [3.8, 4) is 5.75 Å². The van der Waals surface area contributed by atoms with Crippen LogP contribution in [-0.2, 0) is 9.53 Å². The van der Waals surface area contributed by atoms with Crippen LogP contribution in [0.2, 0.25) is 5.02 Å². The first-order valence-corrected chi connectivity index (χ1v) is 9.09. The zero-order valence-electron chi connectivity index (χ0n) is 13.7. The first-order chi connectivity index (χ1) is 11.6. The number of piperidine rings is 1. The van der Waals surface area contributed by atoms with E-state index >= 15 is 0 Å². The zero-order chi connectivity index (χ0) is 16.7. The van der Waals surface area contributed by atoms with Crippen LogP contribution in [-0.4, -0.2) is 42.6 Å². The van der Waals surface area contributed by atoms with E-state index in [0.717, 1.165) is 43.6 Å². The molecule has 6 heteroatoms. The molecule has 5 nitrogen and oxygen atoms in total. The van der Waals surface area contributed by atoms with E-state index in [4.69, 9.17) is 26.8 Å². The van der Waals surface area contributed by atoms with Crippen LogP contribution in [0.15, 0.2) is 18.2 Å². The summed E-state index contributed by atoms with van der Waals surface area (Å²) < 4.78 is 12.7. The third-order valence-electron chi connectivity index (χ3n) is 5.73. The van der Waals surface area contributed by atoms with E-state index in [-0.39, 0.29) is 24.2 Å². The summed E-state index contributed by atoms with van der Waals surface area (Å²) in [5.74, 6) is 1.21. The molecule has 3 heterocycles. The van der Waals surface area contributed by atoms with E-state index in [1.807, 2.05) is 23.1 Å². The van der Waals surface area contributed by atoms with Gasteiger partial charge >= 0.3 is 0 Å². The molecule has 24 heavy (non-hydrogen) atoms. The van der Waals surface area contributed by atoms with E-state index in [1.54, 1.807) is 0 Å². The number of nitrogens with two attached hydrogens (primary N) is 1. The number of halogens is 1. The molecule has 130 valence electrons. The molecule has 4 rings (SSSR count). The van der Waals surface area contributed by atoms with Crippen molar-refractivity contribution in [3.05, 3.63) is 28.8 Å². The topological polar surface area (TPSA) is 64.8 Å². The van der Waals surface area contributed by atoms with Crippen molar-refractivity contribution < 1.29 is 14.3 Å². The Morgan fingerprint density at radius 1 is 1.38 bits per heavy atom. The second-order valence-corrected chi connectivity index (χ2v) is 7.41. The highest BCUT2D eigenvalue weighted by Crippen LogP contribution is 2.53. The summed E-state index contributed by atoms with van der Waals surface area (Å²) in [7, 11) is 0. The number of hydrogen-bond donors (Lipinski definition) is 1. The Kier molecular flexibility index (Phi) is 4.19. The fourth-order valence-electron chi connectivity index (χ4n) is 4.49. The van der Waals surface area contributed by atoms with Gasteiger partial charge in [0.25, 0.3) is 0 Å². The van der Waals surface area contributed by atoms with Crippen molar-refractivity contribution in [2.24, 2.45) is 11.7 Å². The molecule has 2 atom stereocenters. The monoisotopic (exact) mass is 350 g/mol. The molecule has 1 aromatic carbocycles. The van der Waals surface area contributed by atoms with E-state index in [1.165, 1.54) is 0 Å². The molecule has 0 unspecified atom stereocenters. The Balaban J connectivity index is 1.64. The average molecular weight is 351 g/mol. The van der Waals surface area contributed by atoms with Crippen LogP contribution in [0.25, 0.3) is 0 Å². The van der Waals surface area contributed by atoms with E-state index in [2.05, 4.69) is 0 Å². The zero-order valence-corrected chi connectivity index (χ0v) is 14.4. The maximum atomic E-state index is 11.9. The highest BCUT2D eigenvalue weighted by Gasteiger charge is 2.52. The Morgan fingerprint density at radius 2 is 2.17 bits per heavy atom. The molecular weight excluding hydrogens is 328 g/mol. The number of nitrogens with zero attached hydrogens (tertiary/aromatic N) is 1. The predicted molar refractivity (Wildman–Crippen MR) is 91.1 cm³/mol. The fraction of sp³-hybridized carbons (Fsp3) is 0.611. The van der Waals surface area contributed by atoms with Crippen molar-refractivity contribution in [1.29, 1.82) is 0 Å². The quantitative estimate of drug-likeness (QED) is 0.845. The van der Waals surface area contributed by atoms with Crippen molar-refractivity contribution in [1.82, 2.24) is 4.90 Å². The average Bonchev–Trinajstić information content (AvgIpc) is 2.63. The van der Waals surface area contributed by atoms with Crippen LogP contribution in [0.5, 0.6) is 5.75 Å². The number of rotatable bonds is 1. The van der Waals surface area contributed by atoms with Crippen molar-refractivity contribution in [2.45, 2.75) is 37.4 Å². The van der Waals surface area contributed by atoms with Gasteiger partial charge in [-0.05, 0) is 31.0 Å². The minimum atomic E-state index is -0.253. The van der Waals surface area contributed by atoms with E-state index in [9.17, 15) is 4.79 Å². The Morgan fingerprint density at radius 3 is 2.92 bits per heavy atom. The molecule has 2 fully saturated rings. The van der Waals surface area contributed by atoms with E-state index in [0.29, 0.717) is 24.0 Å². The molecule has 0 radical (unpaired) electrons. The van der Waals surface area contributed by atoms with Crippen LogP contribution in [0.3, 0.4) is 0 Å². The Hall–Kier alpha value is -1.30. The highest BCUT2D eigenvalue weighted by atomic mass is 35.5. The number of amides is 1. The summed E-state index contributed by atoms with van der Waals surface area (Å²) in [6.45, 7) is 2.25. The lowest BCUT2D eigenvalue weighted by Crippen LogP contribution is -2.58. The second kappa shape index (κ2) is 6.21. The second-order valence-electron chi connectivity index (χ2n) is 6.97. The van der Waals surface area contributed by atoms with Gasteiger partial charge in [0, 0.05) is 49.0 Å². The molecule has 0 aliphatic carbocycles. The Bertz CT molecular complexity index is 643. The minimum absolute atomic E-state index is 0.0179. The number of likely N-dealkylation sites (tertiary alicyclic amines) is 1. The van der Waals surface area contributed by atoms with Crippen molar-refractivity contribution >= 4 is 17.5 Å². The minimum Gasteiger partial charge on any atom is -0.486 e. The van der Waals surface area contributed by atoms with Gasteiger partial charge in [-0.2, -0.15) is 0 Å². The predicted octanol–water partition coefficient (Wildman–Crippen LogP) is 2.52. The number of hydrogen-bond acceptors (Lipinski definition) is 4. The summed E-state index contributed by atoms with van der Waals surface area (Å²) in [5, 5.41) is 0.713. The van der Waals surface area contributed by atoms with Crippen LogP contribution in [0, 0.1) is 5.92 Å². The largest absolute Gasteiger partial charge is 0.486 e. The van der Waals surface area contributed by atoms with Gasteiger partial charge in [0.1, 0.15) is 11.4 Å². The normalized spacial score (nSPS) is 28.0. The maximum Gasteiger partial charge on any atom is 0.236 e. The molecule has 3 aliphatic heterocycles. The molecule has 1 aromatic rings. The number of ether oxygens (including phenoxy) is 2. The van der Waals surface area contributed by atoms with Gasteiger partial charge in [-0.25, -0.2) is 0 Å². The lowest BCUT2D eigenvalue weighted by molar-refractivity contribution is -0.156. The number of fused-ring (bicyclic) bond motifs is 4. The first-order valence-electron chi connectivity index (χ1n) is 8.71. The molecule has 2 saturated heterocycles. The van der Waals surface area contributed by atoms with Crippen LogP contribution in [0.4, 0.5) is 0 Å². The van der Waals surface area contributed by atoms with Gasteiger partial charge in [-0.15, -0.1) is 0 Å². The molecule has 1 amide bonds. The van der Waals surface area contributed by atoms with Crippen LogP contribution < -0.4 is 10.5 Å². The molecule has 0 saturated carbocycles. The van der Waals surface area contributed by atoms with Gasteiger partial charge in [-0.3, -0.25) is 4.79 Å². The third kappa shape index (κ3) is 2.59. The fourth-order valence-corrected chi connectivity index (χ4v) is 4.67. The molecule has 0 bridgehead atoms. The standard InChI is InChI=1S/C18H23ClN2O3/c19-12-3-4-15-13(10-12)17-14(2-1-9-23-17)18(24-15)5-7-21(8-6-18)16(22)11-20/h3-4,10,14,17H,1-2,5-9,11,20H2/t14-,17+/m0/s1. The molecule has 0 aromatic heterocycles. The van der Waals surface area contributed by atoms with Crippen LogP contribution in [0.1, 0.15) is 37.4 Å². The van der Waals surface area contributed by atoms with Gasteiger partial charge < -0.3 is 20.1 Å². The first kappa shape index (κ1) is 16.2. The summed E-state index contributed by atoms with van der Waals surface area (Å²) >= 11 is 6.19. The SMILES string of the molecule is NCC(=O)N1CCC2(CC1)Oc1ccc(Cl)cc1[C@H]1OCCC[C@@H]12. The molecular formula is C18H23ClN2O3. The third-order valence-corrected chi connectivity index (χ3v) is 5.96. The summed E-state index contributed by atoms with van der Waals surface area (Å²) in [6, 6.07) is 5.79. The maximum absolute atomic E-state index is 11.9. The van der Waals surface area contributed by atoms with E-state index < -0.39 is 0 Å². The summed E-state index contributed by atoms with van der Waals surface area (Å²) in [6.07, 6.45) is 3.82. The molecule has 2 N–H and O–H groups in total. The van der Waals surface area contributed by atoms with Gasteiger partial charge in [-0.1, -0.05) is 11.6 Å². The van der Waals surface area contributed by atoms with Crippen molar-refractivity contribution in [3.63, 3.8) is 0 Å². The number of carbonyl (C=O) groups excluding carboxylic acids is 1. The van der Waals surface area contributed by atoms with Gasteiger partial charge in [0.2, 0.25) is 5.91 Å². The molecule has 3 aliphatic rings. The highest BCUT2D eigenvalue weighted by molar-refractivity contribution is 6.30. The van der Waals surface area contributed by atoms with Crippen LogP contribution >= 0.6 is 11.6 Å². The van der Waals surface area contributed by atoms with Crippen molar-refractivity contribution in [2.75, 3.05) is 26.2 Å². The van der Waals surface area contributed by atoms with Gasteiger partial charge in [0.15, 0.2) is 0 Å². The van der Waals surface area contributed by atoms with Gasteiger partial charge in [0.05, 0.1) is 12.6 Å². The summed E-state index contributed by atoms with van der Waals surface area (Å²) in [5.41, 5.74) is 6.32. The number of benzene rings is 1. The Labute approximate surface area is 147 Å². The summed E-state index contributed by atoms with van der Waals surface area (Å²) in [4.78, 5) is 13.7. The molecule has 1 spiro atoms. The number of carbonyl (C=O) groups is 1. The smallest absolute Gasteiger partial charge is 0.236 e.